The number of nitrogens with one attached hydrogen (secondary N) is 1. The Morgan fingerprint density at radius 1 is 1.25 bits per heavy atom. The van der Waals surface area contributed by atoms with Crippen molar-refractivity contribution in [3.8, 4) is 0 Å². The van der Waals surface area contributed by atoms with Crippen LogP contribution in [0.25, 0.3) is 0 Å². The predicted molar refractivity (Wildman–Crippen MR) is 89.5 cm³/mol. The second-order valence-electron chi connectivity index (χ2n) is 6.01. The van der Waals surface area contributed by atoms with Crippen LogP contribution in [0, 0.1) is 0 Å². The van der Waals surface area contributed by atoms with E-state index in [0.29, 0.717) is 6.04 Å². The van der Waals surface area contributed by atoms with Gasteiger partial charge in [-0.2, -0.15) is 0 Å². The van der Waals surface area contributed by atoms with Crippen molar-refractivity contribution in [1.29, 1.82) is 0 Å². The Bertz CT molecular complexity index is 404. The third-order valence-electron chi connectivity index (χ3n) is 4.38. The first-order chi connectivity index (χ1) is 9.42. The molecule has 3 heteroatoms. The Morgan fingerprint density at radius 2 is 1.90 bits per heavy atom. The lowest BCUT2D eigenvalue weighted by molar-refractivity contribution is 0.144. The molecule has 1 rings (SSSR count). The average Bonchev–Trinajstić information content (AvgIpc) is 2.43. The van der Waals surface area contributed by atoms with E-state index in [1.54, 1.807) is 0 Å². The van der Waals surface area contributed by atoms with Gasteiger partial charge in [0.25, 0.3) is 0 Å². The third-order valence-corrected chi connectivity index (χ3v) is 4.73. The van der Waals surface area contributed by atoms with Crippen LogP contribution in [0.2, 0.25) is 5.02 Å². The molecule has 114 valence electrons. The molecule has 0 bridgehead atoms. The van der Waals surface area contributed by atoms with Crippen LogP contribution in [0.1, 0.15) is 52.1 Å². The first-order valence-electron chi connectivity index (χ1n) is 7.61. The molecule has 0 saturated heterocycles. The van der Waals surface area contributed by atoms with Crippen molar-refractivity contribution in [1.82, 2.24) is 10.2 Å². The van der Waals surface area contributed by atoms with Crippen molar-refractivity contribution in [3.05, 3.63) is 34.9 Å². The number of nitrogens with zero attached hydrogens (tertiary/aromatic N) is 1. The highest BCUT2D eigenvalue weighted by Gasteiger charge is 2.22. The van der Waals surface area contributed by atoms with Gasteiger partial charge in [-0.1, -0.05) is 43.6 Å². The summed E-state index contributed by atoms with van der Waals surface area (Å²) >= 11 is 6.33. The fourth-order valence-electron chi connectivity index (χ4n) is 2.27. The monoisotopic (exact) mass is 296 g/mol. The minimum absolute atomic E-state index is 0.247. The molecule has 0 aliphatic rings. The van der Waals surface area contributed by atoms with Gasteiger partial charge in [0, 0.05) is 23.1 Å². The van der Waals surface area contributed by atoms with Gasteiger partial charge in [-0.05, 0) is 51.9 Å². The molecule has 1 unspecified atom stereocenters. The van der Waals surface area contributed by atoms with Gasteiger partial charge in [-0.25, -0.2) is 0 Å². The summed E-state index contributed by atoms with van der Waals surface area (Å²) in [7, 11) is 2.21. The SMILES string of the molecule is CCNC(CCN(C)C(C)(C)CC)c1ccccc1Cl. The normalized spacial score (nSPS) is 13.8. The minimum Gasteiger partial charge on any atom is -0.310 e. The van der Waals surface area contributed by atoms with Gasteiger partial charge in [0.15, 0.2) is 0 Å². The van der Waals surface area contributed by atoms with Gasteiger partial charge < -0.3 is 10.2 Å². The van der Waals surface area contributed by atoms with E-state index in [2.05, 4.69) is 57.1 Å². The second-order valence-corrected chi connectivity index (χ2v) is 6.42. The van der Waals surface area contributed by atoms with E-state index >= 15 is 0 Å². The molecule has 1 N–H and O–H groups in total. The first kappa shape index (κ1) is 17.5. The zero-order valence-electron chi connectivity index (χ0n) is 13.5. The molecule has 0 aliphatic heterocycles. The maximum atomic E-state index is 6.33. The summed E-state index contributed by atoms with van der Waals surface area (Å²) in [4.78, 5) is 2.44. The fourth-order valence-corrected chi connectivity index (χ4v) is 2.53. The number of hydrogen-bond donors (Lipinski definition) is 1. The van der Waals surface area contributed by atoms with Crippen molar-refractivity contribution < 1.29 is 0 Å². The summed E-state index contributed by atoms with van der Waals surface area (Å²) in [5.41, 5.74) is 1.45. The van der Waals surface area contributed by atoms with Crippen LogP contribution < -0.4 is 5.32 Å². The summed E-state index contributed by atoms with van der Waals surface area (Å²) in [6, 6.07) is 8.47. The zero-order chi connectivity index (χ0) is 15.2. The number of hydrogen-bond acceptors (Lipinski definition) is 2. The van der Waals surface area contributed by atoms with Crippen molar-refractivity contribution in [2.75, 3.05) is 20.1 Å². The second kappa shape index (κ2) is 8.02. The molecule has 0 aromatic heterocycles. The lowest BCUT2D eigenvalue weighted by Crippen LogP contribution is -2.42. The Balaban J connectivity index is 2.72. The third kappa shape index (κ3) is 4.76. The molecule has 0 heterocycles. The Morgan fingerprint density at radius 3 is 2.45 bits per heavy atom. The van der Waals surface area contributed by atoms with E-state index in [9.17, 15) is 0 Å². The summed E-state index contributed by atoms with van der Waals surface area (Å²) in [6.45, 7) is 11.0. The molecular weight excluding hydrogens is 268 g/mol. The van der Waals surface area contributed by atoms with Gasteiger partial charge in [-0.15, -0.1) is 0 Å². The highest BCUT2D eigenvalue weighted by Crippen LogP contribution is 2.26. The van der Waals surface area contributed by atoms with Gasteiger partial charge >= 0.3 is 0 Å². The topological polar surface area (TPSA) is 15.3 Å². The smallest absolute Gasteiger partial charge is 0.0453 e. The molecule has 20 heavy (non-hydrogen) atoms. The zero-order valence-corrected chi connectivity index (χ0v) is 14.3. The van der Waals surface area contributed by atoms with Crippen LogP contribution in [0.5, 0.6) is 0 Å². The number of halogens is 1. The summed E-state index contributed by atoms with van der Waals surface area (Å²) in [5, 5.41) is 4.41. The van der Waals surface area contributed by atoms with Crippen LogP contribution in [0.3, 0.4) is 0 Å². The van der Waals surface area contributed by atoms with Crippen molar-refractivity contribution in [2.24, 2.45) is 0 Å². The number of benzene rings is 1. The van der Waals surface area contributed by atoms with Crippen LogP contribution in [0.4, 0.5) is 0 Å². The minimum atomic E-state index is 0.247. The van der Waals surface area contributed by atoms with Gasteiger partial charge in [0.05, 0.1) is 0 Å². The largest absolute Gasteiger partial charge is 0.310 e. The van der Waals surface area contributed by atoms with E-state index in [0.717, 1.165) is 31.0 Å². The molecule has 0 amide bonds. The molecule has 0 fully saturated rings. The summed E-state index contributed by atoms with van der Waals surface area (Å²) < 4.78 is 0. The van der Waals surface area contributed by atoms with E-state index in [-0.39, 0.29) is 5.54 Å². The summed E-state index contributed by atoms with van der Waals surface area (Å²) in [5.74, 6) is 0. The van der Waals surface area contributed by atoms with Crippen molar-refractivity contribution in [2.45, 2.75) is 52.1 Å². The molecule has 0 saturated carbocycles. The van der Waals surface area contributed by atoms with Crippen LogP contribution in [0.15, 0.2) is 24.3 Å². The van der Waals surface area contributed by atoms with E-state index < -0.39 is 0 Å². The number of rotatable bonds is 8. The standard InChI is InChI=1S/C17H29ClN2/c1-6-17(3,4)20(5)13-12-16(19-7-2)14-10-8-9-11-15(14)18/h8-11,16,19H,6-7,12-13H2,1-5H3. The Hall–Kier alpha value is -0.570. The van der Waals surface area contributed by atoms with Crippen molar-refractivity contribution >= 4 is 11.6 Å². The summed E-state index contributed by atoms with van der Waals surface area (Å²) in [6.07, 6.45) is 2.22. The average molecular weight is 297 g/mol. The van der Waals surface area contributed by atoms with E-state index in [4.69, 9.17) is 11.6 Å². The Kier molecular flexibility index (Phi) is 7.01. The van der Waals surface area contributed by atoms with E-state index in [1.807, 2.05) is 12.1 Å². The van der Waals surface area contributed by atoms with Crippen LogP contribution in [-0.4, -0.2) is 30.6 Å². The van der Waals surface area contributed by atoms with Crippen LogP contribution >= 0.6 is 11.6 Å². The maximum absolute atomic E-state index is 6.33. The molecule has 2 nitrogen and oxygen atoms in total. The van der Waals surface area contributed by atoms with Crippen LogP contribution in [-0.2, 0) is 0 Å². The predicted octanol–water partition coefficient (Wildman–Crippen LogP) is 4.50. The maximum Gasteiger partial charge on any atom is 0.0453 e. The quantitative estimate of drug-likeness (QED) is 0.760. The fraction of sp³-hybridized carbons (Fsp3) is 0.647. The molecule has 1 aromatic rings. The lowest BCUT2D eigenvalue weighted by atomic mass is 9.98. The molecule has 1 atom stereocenters. The molecule has 0 radical (unpaired) electrons. The lowest BCUT2D eigenvalue weighted by Gasteiger charge is -2.36. The highest BCUT2D eigenvalue weighted by atomic mass is 35.5. The molecule has 0 aliphatic carbocycles. The van der Waals surface area contributed by atoms with Gasteiger partial charge in [0.2, 0.25) is 0 Å². The molecular formula is C17H29ClN2. The Labute approximate surface area is 129 Å². The van der Waals surface area contributed by atoms with E-state index in [1.165, 1.54) is 5.56 Å². The van der Waals surface area contributed by atoms with Gasteiger partial charge in [-0.3, -0.25) is 0 Å². The molecule has 1 aromatic carbocycles. The van der Waals surface area contributed by atoms with Crippen molar-refractivity contribution in [3.63, 3.8) is 0 Å². The highest BCUT2D eigenvalue weighted by molar-refractivity contribution is 6.31. The van der Waals surface area contributed by atoms with Gasteiger partial charge in [0.1, 0.15) is 0 Å². The molecule has 0 spiro atoms. The first-order valence-corrected chi connectivity index (χ1v) is 7.99.